The summed E-state index contributed by atoms with van der Waals surface area (Å²) in [6.07, 6.45) is 4.92. The van der Waals surface area contributed by atoms with Crippen LogP contribution in [0.4, 0.5) is 0 Å². The van der Waals surface area contributed by atoms with E-state index in [0.717, 1.165) is 12.3 Å². The topological polar surface area (TPSA) is 50.9 Å². The van der Waals surface area contributed by atoms with Crippen molar-refractivity contribution in [2.75, 3.05) is 0 Å². The van der Waals surface area contributed by atoms with Gasteiger partial charge in [-0.05, 0) is 12.3 Å². The third kappa shape index (κ3) is 3.76. The van der Waals surface area contributed by atoms with E-state index in [1.807, 2.05) is 0 Å². The molecule has 0 aromatic carbocycles. The maximum absolute atomic E-state index is 5.62. The molecule has 1 aromatic heterocycles. The number of thiazole rings is 1. The van der Waals surface area contributed by atoms with E-state index >= 15 is 0 Å². The molecule has 96 valence electrons. The number of hydrazine groups is 1. The molecule has 2 rings (SSSR count). The molecule has 1 unspecified atom stereocenters. The van der Waals surface area contributed by atoms with Crippen molar-refractivity contribution in [3.8, 4) is 0 Å². The van der Waals surface area contributed by atoms with E-state index in [9.17, 15) is 0 Å². The van der Waals surface area contributed by atoms with Gasteiger partial charge in [0.05, 0.1) is 10.7 Å². The Labute approximate surface area is 108 Å². The minimum atomic E-state index is 0.150. The molecule has 1 fully saturated rings. The van der Waals surface area contributed by atoms with Crippen LogP contribution in [0.1, 0.15) is 50.7 Å². The highest BCUT2D eigenvalue weighted by Crippen LogP contribution is 2.34. The molecule has 0 bridgehead atoms. The van der Waals surface area contributed by atoms with Crippen LogP contribution in [0.5, 0.6) is 0 Å². The van der Waals surface area contributed by atoms with Gasteiger partial charge in [0.1, 0.15) is 0 Å². The summed E-state index contributed by atoms with van der Waals surface area (Å²) in [4.78, 5) is 4.72. The largest absolute Gasteiger partial charge is 0.271 e. The second kappa shape index (κ2) is 5.04. The first-order chi connectivity index (χ1) is 7.99. The minimum absolute atomic E-state index is 0.150. The van der Waals surface area contributed by atoms with Crippen LogP contribution in [0.2, 0.25) is 0 Å². The minimum Gasteiger partial charge on any atom is -0.271 e. The standard InChI is InChI=1S/C13H23N3S/c1-13(2,3)11-8-17-12(15-11)7-10(16-14)6-9-4-5-9/h8-10,16H,4-7,14H2,1-3H3. The quantitative estimate of drug-likeness (QED) is 0.626. The first kappa shape index (κ1) is 13.0. The Morgan fingerprint density at radius 2 is 2.24 bits per heavy atom. The van der Waals surface area contributed by atoms with E-state index in [1.165, 1.54) is 30.0 Å². The zero-order chi connectivity index (χ0) is 12.5. The summed E-state index contributed by atoms with van der Waals surface area (Å²) in [5.41, 5.74) is 4.28. The third-order valence-corrected chi connectivity index (χ3v) is 4.16. The van der Waals surface area contributed by atoms with Gasteiger partial charge in [-0.1, -0.05) is 33.6 Å². The Kier molecular flexibility index (Phi) is 3.85. The van der Waals surface area contributed by atoms with Gasteiger partial charge in [0.15, 0.2) is 0 Å². The van der Waals surface area contributed by atoms with Crippen LogP contribution in [0.25, 0.3) is 0 Å². The highest BCUT2D eigenvalue weighted by molar-refractivity contribution is 7.09. The molecule has 0 spiro atoms. The molecular formula is C13H23N3S. The van der Waals surface area contributed by atoms with Crippen molar-refractivity contribution >= 4 is 11.3 Å². The lowest BCUT2D eigenvalue weighted by Gasteiger charge is -2.15. The molecule has 1 aliphatic carbocycles. The average molecular weight is 253 g/mol. The van der Waals surface area contributed by atoms with Crippen molar-refractivity contribution in [3.05, 3.63) is 16.1 Å². The summed E-state index contributed by atoms with van der Waals surface area (Å²) < 4.78 is 0. The van der Waals surface area contributed by atoms with E-state index in [4.69, 9.17) is 10.8 Å². The number of aromatic nitrogens is 1. The first-order valence-corrected chi connectivity index (χ1v) is 7.28. The van der Waals surface area contributed by atoms with Gasteiger partial charge in [-0.3, -0.25) is 11.3 Å². The fraction of sp³-hybridized carbons (Fsp3) is 0.769. The zero-order valence-electron chi connectivity index (χ0n) is 11.0. The molecule has 0 radical (unpaired) electrons. The summed E-state index contributed by atoms with van der Waals surface area (Å²) in [5, 5.41) is 3.39. The van der Waals surface area contributed by atoms with Crippen molar-refractivity contribution in [1.29, 1.82) is 0 Å². The Bertz CT molecular complexity index is 363. The molecule has 3 N–H and O–H groups in total. The maximum Gasteiger partial charge on any atom is 0.0944 e. The van der Waals surface area contributed by atoms with Gasteiger partial charge in [-0.2, -0.15) is 0 Å². The summed E-state index contributed by atoms with van der Waals surface area (Å²) in [5.74, 6) is 6.52. The van der Waals surface area contributed by atoms with Crippen LogP contribution in [0, 0.1) is 5.92 Å². The van der Waals surface area contributed by atoms with E-state index in [-0.39, 0.29) is 5.41 Å². The molecule has 1 aliphatic rings. The zero-order valence-corrected chi connectivity index (χ0v) is 11.8. The molecule has 0 saturated heterocycles. The van der Waals surface area contributed by atoms with E-state index in [1.54, 1.807) is 11.3 Å². The number of nitrogens with one attached hydrogen (secondary N) is 1. The van der Waals surface area contributed by atoms with Gasteiger partial charge >= 0.3 is 0 Å². The third-order valence-electron chi connectivity index (χ3n) is 3.29. The van der Waals surface area contributed by atoms with Crippen LogP contribution in [0.3, 0.4) is 0 Å². The Balaban J connectivity index is 1.94. The van der Waals surface area contributed by atoms with Gasteiger partial charge in [0, 0.05) is 23.3 Å². The molecule has 0 aliphatic heterocycles. The van der Waals surface area contributed by atoms with Crippen LogP contribution in [0.15, 0.2) is 5.38 Å². The molecule has 1 aromatic rings. The van der Waals surface area contributed by atoms with Crippen molar-refractivity contribution < 1.29 is 0 Å². The second-order valence-corrected chi connectivity index (χ2v) is 7.07. The van der Waals surface area contributed by atoms with Gasteiger partial charge in [-0.15, -0.1) is 11.3 Å². The second-order valence-electron chi connectivity index (χ2n) is 6.12. The van der Waals surface area contributed by atoms with E-state index in [2.05, 4.69) is 31.6 Å². The van der Waals surface area contributed by atoms with Crippen molar-refractivity contribution in [2.24, 2.45) is 11.8 Å². The lowest BCUT2D eigenvalue weighted by molar-refractivity contribution is 0.463. The first-order valence-electron chi connectivity index (χ1n) is 6.40. The molecular weight excluding hydrogens is 230 g/mol. The van der Waals surface area contributed by atoms with Gasteiger partial charge < -0.3 is 0 Å². The lowest BCUT2D eigenvalue weighted by Crippen LogP contribution is -2.37. The highest BCUT2D eigenvalue weighted by atomic mass is 32.1. The predicted molar refractivity (Wildman–Crippen MR) is 73.0 cm³/mol. The summed E-state index contributed by atoms with van der Waals surface area (Å²) in [6.45, 7) is 6.61. The highest BCUT2D eigenvalue weighted by Gasteiger charge is 2.26. The SMILES string of the molecule is CC(C)(C)c1csc(CC(CC2CC2)NN)n1. The number of rotatable bonds is 5. The predicted octanol–water partition coefficient (Wildman–Crippen LogP) is 2.62. The summed E-state index contributed by atoms with van der Waals surface area (Å²) in [6, 6.07) is 0.390. The normalized spacial score (nSPS) is 18.4. The van der Waals surface area contributed by atoms with Crippen LogP contribution < -0.4 is 11.3 Å². The monoisotopic (exact) mass is 253 g/mol. The molecule has 4 heteroatoms. The fourth-order valence-electron chi connectivity index (χ4n) is 1.93. The Morgan fingerprint density at radius 3 is 2.71 bits per heavy atom. The molecule has 3 nitrogen and oxygen atoms in total. The van der Waals surface area contributed by atoms with Gasteiger partial charge in [0.2, 0.25) is 0 Å². The maximum atomic E-state index is 5.62. The van der Waals surface area contributed by atoms with Crippen LogP contribution >= 0.6 is 11.3 Å². The van der Waals surface area contributed by atoms with Crippen LogP contribution in [-0.2, 0) is 11.8 Å². The molecule has 17 heavy (non-hydrogen) atoms. The lowest BCUT2D eigenvalue weighted by atomic mass is 9.93. The number of nitrogens with zero attached hydrogens (tertiary/aromatic N) is 1. The fourth-order valence-corrected chi connectivity index (χ4v) is 3.03. The summed E-state index contributed by atoms with van der Waals surface area (Å²) in [7, 11) is 0. The van der Waals surface area contributed by atoms with E-state index < -0.39 is 0 Å². The molecule has 1 heterocycles. The van der Waals surface area contributed by atoms with Gasteiger partial charge in [-0.25, -0.2) is 4.98 Å². The number of nitrogens with two attached hydrogens (primary N) is 1. The van der Waals surface area contributed by atoms with Crippen molar-refractivity contribution in [3.63, 3.8) is 0 Å². The smallest absolute Gasteiger partial charge is 0.0944 e. The van der Waals surface area contributed by atoms with Crippen LogP contribution in [-0.4, -0.2) is 11.0 Å². The number of hydrogen-bond donors (Lipinski definition) is 2. The Hall–Kier alpha value is -0.450. The summed E-state index contributed by atoms with van der Waals surface area (Å²) >= 11 is 1.76. The van der Waals surface area contributed by atoms with Gasteiger partial charge in [0.25, 0.3) is 0 Å². The molecule has 1 atom stereocenters. The molecule has 0 amide bonds. The Morgan fingerprint density at radius 1 is 1.53 bits per heavy atom. The van der Waals surface area contributed by atoms with E-state index in [0.29, 0.717) is 6.04 Å². The van der Waals surface area contributed by atoms with Crippen molar-refractivity contribution in [1.82, 2.24) is 10.4 Å². The number of hydrogen-bond acceptors (Lipinski definition) is 4. The molecule has 1 saturated carbocycles. The average Bonchev–Trinajstić information content (AvgIpc) is 2.91. The van der Waals surface area contributed by atoms with Crippen molar-refractivity contribution in [2.45, 2.75) is 57.9 Å².